The number of nitrogens with two attached hydrogens (primary N) is 1. The van der Waals surface area contributed by atoms with Crippen LogP contribution in [0, 0.1) is 0 Å². The maximum Gasteiger partial charge on any atom is 0.320 e. The Labute approximate surface area is 186 Å². The predicted molar refractivity (Wildman–Crippen MR) is 124 cm³/mol. The van der Waals surface area contributed by atoms with Gasteiger partial charge in [0.2, 0.25) is 5.91 Å². The third-order valence-corrected chi connectivity index (χ3v) is 4.79. The minimum absolute atomic E-state index is 0.347. The molecule has 1 aliphatic rings. The van der Waals surface area contributed by atoms with E-state index in [1.54, 1.807) is 53.5 Å². The van der Waals surface area contributed by atoms with Crippen LogP contribution in [0.25, 0.3) is 0 Å². The summed E-state index contributed by atoms with van der Waals surface area (Å²) in [6, 6.07) is 13.6. The second-order valence-corrected chi connectivity index (χ2v) is 7.56. The Hall–Kier alpha value is -3.58. The van der Waals surface area contributed by atoms with Crippen LogP contribution in [-0.2, 0) is 4.79 Å². The van der Waals surface area contributed by atoms with Crippen molar-refractivity contribution in [2.24, 2.45) is 10.8 Å². The van der Waals surface area contributed by atoms with Crippen LogP contribution in [0.3, 0.4) is 0 Å². The van der Waals surface area contributed by atoms with Crippen LogP contribution >= 0.6 is 11.6 Å². The molecule has 8 heteroatoms. The minimum atomic E-state index is -0.960. The lowest BCUT2D eigenvalue weighted by atomic mass is 10.0. The van der Waals surface area contributed by atoms with Crippen molar-refractivity contribution >= 4 is 34.9 Å². The molecule has 160 valence electrons. The number of anilines is 1. The van der Waals surface area contributed by atoms with Crippen molar-refractivity contribution in [2.45, 2.75) is 12.1 Å². The molecular weight excluding hydrogens is 414 g/mol. The minimum Gasteiger partial charge on any atom is -0.351 e. The van der Waals surface area contributed by atoms with Gasteiger partial charge < -0.3 is 16.1 Å². The third kappa shape index (κ3) is 5.73. The van der Waals surface area contributed by atoms with Gasteiger partial charge in [0.1, 0.15) is 6.04 Å². The van der Waals surface area contributed by atoms with Crippen LogP contribution in [0.2, 0.25) is 5.02 Å². The maximum atomic E-state index is 13.4. The Morgan fingerprint density at radius 3 is 2.19 bits per heavy atom. The molecule has 3 rings (SSSR count). The van der Waals surface area contributed by atoms with Crippen LogP contribution in [0.5, 0.6) is 0 Å². The Bertz CT molecular complexity index is 1000. The highest BCUT2D eigenvalue weighted by Gasteiger charge is 2.32. The fourth-order valence-electron chi connectivity index (χ4n) is 3.22. The summed E-state index contributed by atoms with van der Waals surface area (Å²) in [5.74, 6) is -0.368. The molecule has 3 N–H and O–H groups in total. The van der Waals surface area contributed by atoms with Crippen LogP contribution in [0.1, 0.15) is 11.6 Å². The van der Waals surface area contributed by atoms with Gasteiger partial charge in [-0.25, -0.2) is 4.79 Å². The van der Waals surface area contributed by atoms with Crippen molar-refractivity contribution in [3.05, 3.63) is 89.5 Å². The molecule has 31 heavy (non-hydrogen) atoms. The summed E-state index contributed by atoms with van der Waals surface area (Å²) in [7, 11) is 3.67. The highest BCUT2D eigenvalue weighted by molar-refractivity contribution is 6.30. The zero-order valence-electron chi connectivity index (χ0n) is 17.3. The quantitative estimate of drug-likeness (QED) is 0.677. The van der Waals surface area contributed by atoms with E-state index in [1.165, 1.54) is 4.90 Å². The first-order valence-corrected chi connectivity index (χ1v) is 10.0. The smallest absolute Gasteiger partial charge is 0.320 e. The van der Waals surface area contributed by atoms with Crippen molar-refractivity contribution in [3.63, 3.8) is 0 Å². The van der Waals surface area contributed by atoms with Crippen LogP contribution in [-0.4, -0.2) is 42.8 Å². The molecule has 0 radical (unpaired) electrons. The molecule has 0 fully saturated rings. The van der Waals surface area contributed by atoms with Gasteiger partial charge in [-0.15, -0.1) is 0 Å². The van der Waals surface area contributed by atoms with Crippen LogP contribution < -0.4 is 16.0 Å². The number of nitrogens with zero attached hydrogens (tertiary/aromatic N) is 3. The van der Waals surface area contributed by atoms with Gasteiger partial charge in [-0.05, 0) is 42.0 Å². The van der Waals surface area contributed by atoms with Crippen molar-refractivity contribution in [1.82, 2.24) is 10.3 Å². The lowest BCUT2D eigenvalue weighted by molar-refractivity contribution is -0.122. The molecule has 0 aromatic heterocycles. The first-order chi connectivity index (χ1) is 14.8. The molecule has 0 saturated heterocycles. The Morgan fingerprint density at radius 1 is 1.03 bits per heavy atom. The Kier molecular flexibility index (Phi) is 7.10. The molecular formula is C23H24ClN5O2. The van der Waals surface area contributed by atoms with E-state index in [9.17, 15) is 9.59 Å². The Morgan fingerprint density at radius 2 is 1.65 bits per heavy atom. The van der Waals surface area contributed by atoms with E-state index in [0.29, 0.717) is 16.3 Å². The number of primary amides is 1. The fraction of sp³-hybridized carbons (Fsp3) is 0.174. The number of carbonyl (C=O) groups is 2. The zero-order valence-corrected chi connectivity index (χ0v) is 18.0. The van der Waals surface area contributed by atoms with Crippen molar-refractivity contribution in [2.75, 3.05) is 19.0 Å². The number of hydrazone groups is 1. The number of allylic oxidation sites excluding steroid dienone is 2. The second kappa shape index (κ2) is 9.95. The summed E-state index contributed by atoms with van der Waals surface area (Å²) in [6.45, 7) is 0. The van der Waals surface area contributed by atoms with Gasteiger partial charge in [0.05, 0.1) is 11.8 Å². The van der Waals surface area contributed by atoms with Gasteiger partial charge in [0.15, 0.2) is 0 Å². The molecule has 7 nitrogen and oxygen atoms in total. The van der Waals surface area contributed by atoms with E-state index >= 15 is 0 Å². The van der Waals surface area contributed by atoms with Gasteiger partial charge in [-0.2, -0.15) is 5.10 Å². The van der Waals surface area contributed by atoms with Crippen molar-refractivity contribution < 1.29 is 9.59 Å². The van der Waals surface area contributed by atoms with Crippen LogP contribution in [0.15, 0.2) is 84.0 Å². The zero-order chi connectivity index (χ0) is 22.4. The van der Waals surface area contributed by atoms with E-state index in [-0.39, 0.29) is 11.9 Å². The van der Waals surface area contributed by atoms with E-state index in [2.05, 4.69) is 10.4 Å². The van der Waals surface area contributed by atoms with Gasteiger partial charge in [0.25, 0.3) is 0 Å². The molecule has 1 unspecified atom stereocenters. The molecule has 0 bridgehead atoms. The molecule has 2 aromatic carbocycles. The Balaban J connectivity index is 1.91. The van der Waals surface area contributed by atoms with Crippen molar-refractivity contribution in [1.29, 1.82) is 0 Å². The first-order valence-electron chi connectivity index (χ1n) is 9.67. The standard InChI is InChI=1S/C23H24ClN5O2/c1-28(2)27-19-12-10-18(11-13-19)26-22(30)21(16-6-4-3-5-7-16)29(23(25)31)20-14-8-17(24)9-15-20/h3-15,18,21H,1-2H3,(H2,25,31)(H,26,30). The summed E-state index contributed by atoms with van der Waals surface area (Å²) >= 11 is 5.99. The highest BCUT2D eigenvalue weighted by Crippen LogP contribution is 2.29. The van der Waals surface area contributed by atoms with E-state index in [1.807, 2.05) is 44.5 Å². The molecule has 0 heterocycles. The molecule has 0 saturated carbocycles. The van der Waals surface area contributed by atoms with E-state index < -0.39 is 12.1 Å². The molecule has 1 atom stereocenters. The van der Waals surface area contributed by atoms with Crippen LogP contribution in [0.4, 0.5) is 10.5 Å². The summed E-state index contributed by atoms with van der Waals surface area (Å²) in [4.78, 5) is 27.1. The summed E-state index contributed by atoms with van der Waals surface area (Å²) in [6.07, 6.45) is 7.32. The monoisotopic (exact) mass is 437 g/mol. The maximum absolute atomic E-state index is 13.4. The number of benzene rings is 2. The first kappa shape index (κ1) is 22.1. The number of carbonyl (C=O) groups excluding carboxylic acids is 2. The average Bonchev–Trinajstić information content (AvgIpc) is 2.74. The van der Waals surface area contributed by atoms with E-state index in [4.69, 9.17) is 17.3 Å². The number of hydrogen-bond acceptors (Lipinski definition) is 4. The summed E-state index contributed by atoms with van der Waals surface area (Å²) < 4.78 is 0. The number of rotatable bonds is 6. The molecule has 3 amide bonds. The normalized spacial score (nSPS) is 15.8. The summed E-state index contributed by atoms with van der Waals surface area (Å²) in [5.41, 5.74) is 7.58. The van der Waals surface area contributed by atoms with Gasteiger partial charge in [-0.3, -0.25) is 9.69 Å². The molecule has 0 aliphatic heterocycles. The van der Waals surface area contributed by atoms with Crippen molar-refractivity contribution in [3.8, 4) is 0 Å². The van der Waals surface area contributed by atoms with E-state index in [0.717, 1.165) is 5.71 Å². The largest absolute Gasteiger partial charge is 0.351 e. The third-order valence-electron chi connectivity index (χ3n) is 4.54. The van der Waals surface area contributed by atoms with Gasteiger partial charge >= 0.3 is 6.03 Å². The van der Waals surface area contributed by atoms with Gasteiger partial charge in [-0.1, -0.05) is 54.1 Å². The fourth-order valence-corrected chi connectivity index (χ4v) is 3.35. The lowest BCUT2D eigenvalue weighted by Gasteiger charge is -2.31. The number of hydrogen-bond donors (Lipinski definition) is 2. The number of amides is 3. The topological polar surface area (TPSA) is 91.0 Å². The lowest BCUT2D eigenvalue weighted by Crippen LogP contribution is -2.48. The predicted octanol–water partition coefficient (Wildman–Crippen LogP) is 3.49. The molecule has 1 aliphatic carbocycles. The number of nitrogens with one attached hydrogen (secondary N) is 1. The second-order valence-electron chi connectivity index (χ2n) is 7.12. The molecule has 2 aromatic rings. The average molecular weight is 438 g/mol. The summed E-state index contributed by atoms with van der Waals surface area (Å²) in [5, 5.41) is 9.48. The number of urea groups is 1. The highest BCUT2D eigenvalue weighted by atomic mass is 35.5. The SMILES string of the molecule is CN(C)N=C1C=CC(NC(=O)C(c2ccccc2)N(C(N)=O)c2ccc(Cl)cc2)C=C1. The number of halogens is 1. The molecule has 0 spiro atoms. The van der Waals surface area contributed by atoms with Gasteiger partial charge in [0, 0.05) is 24.8 Å².